The molecule has 1 heterocycles. The van der Waals surface area contributed by atoms with E-state index in [-0.39, 0.29) is 17.9 Å². The van der Waals surface area contributed by atoms with Crippen molar-refractivity contribution in [3.8, 4) is 5.75 Å². The zero-order valence-electron chi connectivity index (χ0n) is 18.2. The van der Waals surface area contributed by atoms with Crippen molar-refractivity contribution in [3.05, 3.63) is 107 Å². The second kappa shape index (κ2) is 8.91. The lowest BCUT2D eigenvalue weighted by molar-refractivity contribution is 0.0526. The predicted octanol–water partition coefficient (Wildman–Crippen LogP) is 6.27. The Morgan fingerprint density at radius 3 is 2.66 bits per heavy atom. The van der Waals surface area contributed by atoms with Gasteiger partial charge in [-0.1, -0.05) is 60.7 Å². The van der Waals surface area contributed by atoms with Crippen molar-refractivity contribution in [2.24, 2.45) is 5.92 Å². The third-order valence-electron chi connectivity index (χ3n) is 6.37. The van der Waals surface area contributed by atoms with Gasteiger partial charge in [-0.3, -0.25) is 0 Å². The Kier molecular flexibility index (Phi) is 5.68. The van der Waals surface area contributed by atoms with Crippen LogP contribution < -0.4 is 10.1 Å². The number of nitrogens with one attached hydrogen (secondary N) is 1. The lowest BCUT2D eigenvalue weighted by Gasteiger charge is -2.38. The molecular weight excluding hydrogens is 398 g/mol. The minimum atomic E-state index is -0.268. The maximum absolute atomic E-state index is 12.3. The second-order valence-corrected chi connectivity index (χ2v) is 8.31. The van der Waals surface area contributed by atoms with E-state index in [2.05, 4.69) is 47.8 Å². The Bertz CT molecular complexity index is 1140. The molecule has 0 aromatic heterocycles. The number of para-hydroxylation sites is 1. The molecule has 3 atom stereocenters. The summed E-state index contributed by atoms with van der Waals surface area (Å²) in [6.07, 6.45) is 5.52. The van der Waals surface area contributed by atoms with E-state index in [1.807, 2.05) is 49.4 Å². The highest BCUT2D eigenvalue weighted by atomic mass is 16.5. The molecule has 1 aliphatic carbocycles. The lowest BCUT2D eigenvalue weighted by Crippen LogP contribution is -2.29. The molecule has 1 N–H and O–H groups in total. The van der Waals surface area contributed by atoms with Crippen LogP contribution in [0.5, 0.6) is 5.75 Å². The predicted molar refractivity (Wildman–Crippen MR) is 126 cm³/mol. The maximum atomic E-state index is 12.3. The maximum Gasteiger partial charge on any atom is 0.338 e. The van der Waals surface area contributed by atoms with Crippen LogP contribution in [0.25, 0.3) is 0 Å². The van der Waals surface area contributed by atoms with Crippen LogP contribution in [0.2, 0.25) is 0 Å². The molecule has 0 spiro atoms. The van der Waals surface area contributed by atoms with Crippen LogP contribution in [0.3, 0.4) is 0 Å². The van der Waals surface area contributed by atoms with Gasteiger partial charge in [-0.25, -0.2) is 4.79 Å². The quantitative estimate of drug-likeness (QED) is 0.374. The van der Waals surface area contributed by atoms with Crippen LogP contribution in [-0.4, -0.2) is 12.6 Å². The van der Waals surface area contributed by atoms with Gasteiger partial charge in [-0.15, -0.1) is 0 Å². The molecule has 3 aromatic rings. The molecule has 0 saturated carbocycles. The van der Waals surface area contributed by atoms with Crippen LogP contribution >= 0.6 is 0 Å². The van der Waals surface area contributed by atoms with E-state index >= 15 is 0 Å². The number of ether oxygens (including phenoxy) is 2. The molecule has 0 amide bonds. The molecule has 0 saturated heterocycles. The van der Waals surface area contributed by atoms with Crippen LogP contribution in [0.15, 0.2) is 84.9 Å². The average Bonchev–Trinajstić information content (AvgIpc) is 3.33. The molecule has 0 radical (unpaired) electrons. The van der Waals surface area contributed by atoms with Crippen molar-refractivity contribution in [2.45, 2.75) is 31.9 Å². The zero-order valence-corrected chi connectivity index (χ0v) is 18.2. The van der Waals surface area contributed by atoms with Gasteiger partial charge < -0.3 is 14.8 Å². The van der Waals surface area contributed by atoms with Gasteiger partial charge in [-0.2, -0.15) is 0 Å². The minimum Gasteiger partial charge on any atom is -0.489 e. The molecule has 162 valence electrons. The molecule has 5 rings (SSSR count). The summed E-state index contributed by atoms with van der Waals surface area (Å²) in [6.45, 7) is 2.74. The number of carbonyl (C=O) groups is 1. The minimum absolute atomic E-state index is 0.128. The van der Waals surface area contributed by atoms with Gasteiger partial charge in [0.05, 0.1) is 18.2 Å². The standard InChI is InChI=1S/C28H27NO3/c1-2-31-28(30)20-15-16-25-24(17-20)21-12-8-13-22(21)27(29-25)23-11-6-7-14-26(23)32-18-19-9-4-3-5-10-19/h3-12,14-17,21-22,27,29H,2,13,18H2,1H3/t21-,22-,27-/m1/s1. The lowest BCUT2D eigenvalue weighted by atomic mass is 9.76. The van der Waals surface area contributed by atoms with Crippen LogP contribution in [0.1, 0.15) is 52.4 Å². The molecular formula is C28H27NO3. The highest BCUT2D eigenvalue weighted by Gasteiger charge is 2.39. The molecule has 0 unspecified atom stereocenters. The number of carbonyl (C=O) groups excluding carboxylic acids is 1. The van der Waals surface area contributed by atoms with Crippen LogP contribution in [0.4, 0.5) is 5.69 Å². The zero-order chi connectivity index (χ0) is 21.9. The summed E-state index contributed by atoms with van der Waals surface area (Å²) in [7, 11) is 0. The van der Waals surface area contributed by atoms with Crippen molar-refractivity contribution in [1.82, 2.24) is 0 Å². The first-order valence-electron chi connectivity index (χ1n) is 11.2. The number of rotatable bonds is 6. The highest BCUT2D eigenvalue weighted by molar-refractivity contribution is 5.90. The number of hydrogen-bond donors (Lipinski definition) is 1. The largest absolute Gasteiger partial charge is 0.489 e. The van der Waals surface area contributed by atoms with Gasteiger partial charge in [0.25, 0.3) is 0 Å². The summed E-state index contributed by atoms with van der Waals surface area (Å²) < 4.78 is 11.5. The van der Waals surface area contributed by atoms with Crippen LogP contribution in [0, 0.1) is 5.92 Å². The monoisotopic (exact) mass is 425 g/mol. The first kappa shape index (κ1) is 20.4. The number of anilines is 1. The highest BCUT2D eigenvalue weighted by Crippen LogP contribution is 2.51. The average molecular weight is 426 g/mol. The number of benzene rings is 3. The first-order chi connectivity index (χ1) is 15.7. The van der Waals surface area contributed by atoms with E-state index in [1.165, 1.54) is 5.56 Å². The van der Waals surface area contributed by atoms with Gasteiger partial charge >= 0.3 is 5.97 Å². The Hall–Kier alpha value is -3.53. The topological polar surface area (TPSA) is 47.6 Å². The van der Waals surface area contributed by atoms with Gasteiger partial charge in [0.2, 0.25) is 0 Å². The summed E-state index contributed by atoms with van der Waals surface area (Å²) in [5, 5.41) is 3.75. The van der Waals surface area contributed by atoms with E-state index in [0.717, 1.165) is 29.0 Å². The smallest absolute Gasteiger partial charge is 0.338 e. The Morgan fingerprint density at radius 1 is 1.00 bits per heavy atom. The molecule has 1 aliphatic heterocycles. The summed E-state index contributed by atoms with van der Waals surface area (Å²) in [5.41, 5.74) is 5.15. The fraction of sp³-hybridized carbons (Fsp3) is 0.250. The molecule has 4 heteroatoms. The summed E-state index contributed by atoms with van der Waals surface area (Å²) in [4.78, 5) is 12.3. The van der Waals surface area contributed by atoms with Gasteiger partial charge in [0.15, 0.2) is 0 Å². The third-order valence-corrected chi connectivity index (χ3v) is 6.37. The number of hydrogen-bond acceptors (Lipinski definition) is 4. The molecule has 0 bridgehead atoms. The molecule has 2 aliphatic rings. The molecule has 32 heavy (non-hydrogen) atoms. The van der Waals surface area contributed by atoms with Gasteiger partial charge in [-0.05, 0) is 54.7 Å². The SMILES string of the molecule is CCOC(=O)c1ccc2c(c1)[C@@H]1C=CC[C@H]1[C@H](c1ccccc1OCc1ccccc1)N2. The van der Waals surface area contributed by atoms with Gasteiger partial charge in [0, 0.05) is 17.2 Å². The van der Waals surface area contributed by atoms with Crippen molar-refractivity contribution in [1.29, 1.82) is 0 Å². The summed E-state index contributed by atoms with van der Waals surface area (Å²) in [6, 6.07) is 24.5. The fourth-order valence-electron chi connectivity index (χ4n) is 4.85. The summed E-state index contributed by atoms with van der Waals surface area (Å²) in [5.74, 6) is 1.26. The Labute approximate surface area is 188 Å². The van der Waals surface area contributed by atoms with E-state index in [9.17, 15) is 4.79 Å². The number of allylic oxidation sites excluding steroid dienone is 2. The summed E-state index contributed by atoms with van der Waals surface area (Å²) >= 11 is 0. The fourth-order valence-corrected chi connectivity index (χ4v) is 4.85. The normalized spacial score (nSPS) is 20.7. The number of esters is 1. The van der Waals surface area contributed by atoms with E-state index < -0.39 is 0 Å². The van der Waals surface area contributed by atoms with Crippen molar-refractivity contribution < 1.29 is 14.3 Å². The van der Waals surface area contributed by atoms with E-state index in [0.29, 0.717) is 24.7 Å². The molecule has 0 fully saturated rings. The second-order valence-electron chi connectivity index (χ2n) is 8.31. The Balaban J connectivity index is 1.45. The molecule has 4 nitrogen and oxygen atoms in total. The van der Waals surface area contributed by atoms with Crippen molar-refractivity contribution in [3.63, 3.8) is 0 Å². The molecule has 3 aromatic carbocycles. The third kappa shape index (κ3) is 3.89. The number of fused-ring (bicyclic) bond motifs is 3. The first-order valence-corrected chi connectivity index (χ1v) is 11.2. The van der Waals surface area contributed by atoms with E-state index in [4.69, 9.17) is 9.47 Å². The van der Waals surface area contributed by atoms with Crippen molar-refractivity contribution in [2.75, 3.05) is 11.9 Å². The van der Waals surface area contributed by atoms with Crippen LogP contribution in [-0.2, 0) is 11.3 Å². The van der Waals surface area contributed by atoms with Crippen molar-refractivity contribution >= 4 is 11.7 Å². The van der Waals surface area contributed by atoms with Gasteiger partial charge in [0.1, 0.15) is 12.4 Å². The van der Waals surface area contributed by atoms with E-state index in [1.54, 1.807) is 0 Å². The Morgan fingerprint density at radius 2 is 1.81 bits per heavy atom.